The standard InChI is InChI=1S/C79H126N8O18/c1-16-23-62-71(94)73(96)65(104-62)42-67(92)83-44-66-74(97)72(95)64(105-66)40-54(88)39-55(45(3)4)77(99)84-57(26-21-33-82-79(80)101)60(90)37-52-30-28-50(29-31-52)32-34-81-76(98)53(36-51-24-19-18-20-25-51)38-59(89)49(10)75(103-15)58-27-22-35-87(58)68(93)43-63(102-14)70(48(9)17-2)86(13)78(100)56(46(5)6)41-61(91)69(47(7)8)85(11)12/h18-20,24-25,28-31,45-49,53,55-58,62-66,69-75,94-97H,16-17,21-23,26-27,32-44H2,1-15H3,(H,81,98)(H,83,92)(H,84,99)(H3,80,82,101)/t48-,49?,53+,55+,56-,57?,58?,62+,63?,64-,65?,66+,69?,70?,71+,72?,73-,74?,75?/m0/s1. The van der Waals surface area contributed by atoms with Gasteiger partial charge in [-0.1, -0.05) is 137 Å². The molecule has 3 heterocycles. The number of urea groups is 1. The maximum absolute atomic E-state index is 14.7. The SMILES string of the molecule is CCC[C@H]1OC(CC(=O)NC[C@H]2O[C@@H](CC(=O)C[C@@H](C(=O)NC(CCCNC(N)=O)C(=O)Cc3ccc(CCNC(=O)[C@@H](CC(=O)C(C)C(OC)C4CCCN4C(=O)CC(OC)C([C@@H](C)CC)N(C)C(=O)[C@@H](CC(=O)C(C(C)C)N(C)C)C(C)C)Cc4ccccc4)cc3)C(C)C)C(O)C2O)[C@H](O)[C@@H]1O. The molecule has 0 aliphatic carbocycles. The summed E-state index contributed by atoms with van der Waals surface area (Å²) in [7, 11) is 8.59. The van der Waals surface area contributed by atoms with Crippen molar-refractivity contribution in [1.82, 2.24) is 36.0 Å². The van der Waals surface area contributed by atoms with Crippen LogP contribution in [0.5, 0.6) is 0 Å². The van der Waals surface area contributed by atoms with Gasteiger partial charge in [-0.05, 0) is 99.4 Å². The van der Waals surface area contributed by atoms with Crippen LogP contribution >= 0.6 is 0 Å². The van der Waals surface area contributed by atoms with Gasteiger partial charge in [0.1, 0.15) is 42.1 Å². The Bertz CT molecular complexity index is 3110. The molecular formula is C79H126N8O18. The van der Waals surface area contributed by atoms with Gasteiger partial charge in [0.25, 0.3) is 0 Å². The van der Waals surface area contributed by atoms with Crippen LogP contribution in [-0.2, 0) is 81.4 Å². The van der Waals surface area contributed by atoms with E-state index in [2.05, 4.69) is 21.3 Å². The van der Waals surface area contributed by atoms with E-state index in [9.17, 15) is 68.4 Å². The van der Waals surface area contributed by atoms with Gasteiger partial charge in [0.05, 0.1) is 67.5 Å². The molecule has 0 bridgehead atoms. The molecule has 3 fully saturated rings. The molecule has 0 spiro atoms. The molecule has 3 aliphatic rings. The molecule has 26 heteroatoms. The first-order valence-corrected chi connectivity index (χ1v) is 38.1. The Morgan fingerprint density at radius 2 is 1.26 bits per heavy atom. The number of nitrogens with two attached hydrogens (primary N) is 1. The average molecular weight is 1480 g/mol. The number of hydrogen-bond donors (Lipinski definition) is 9. The molecule has 2 aromatic rings. The largest absolute Gasteiger partial charge is 0.388 e. The molecular weight excluding hydrogens is 1350 g/mol. The first-order valence-electron chi connectivity index (χ1n) is 38.1. The molecule has 0 radical (unpaired) electrons. The zero-order valence-corrected chi connectivity index (χ0v) is 65.0. The number of likely N-dealkylation sites (tertiary alicyclic amines) is 1. The number of aliphatic hydroxyl groups is 4. The molecule has 3 saturated heterocycles. The minimum Gasteiger partial charge on any atom is -0.388 e. The number of Topliss-reactive ketones (excluding diaryl/α,β-unsaturated/α-hetero) is 4. The van der Waals surface area contributed by atoms with E-state index in [-0.39, 0.29) is 143 Å². The van der Waals surface area contributed by atoms with Crippen molar-refractivity contribution in [3.63, 3.8) is 0 Å². The summed E-state index contributed by atoms with van der Waals surface area (Å²) >= 11 is 0. The van der Waals surface area contributed by atoms with Gasteiger partial charge < -0.3 is 76.2 Å². The van der Waals surface area contributed by atoms with Gasteiger partial charge in [0.2, 0.25) is 29.5 Å². The van der Waals surface area contributed by atoms with Crippen LogP contribution in [-0.4, -0.2) is 241 Å². The van der Waals surface area contributed by atoms with E-state index in [1.165, 1.54) is 7.11 Å². The van der Waals surface area contributed by atoms with Gasteiger partial charge in [0.15, 0.2) is 11.6 Å². The van der Waals surface area contributed by atoms with Crippen LogP contribution in [0.25, 0.3) is 0 Å². The van der Waals surface area contributed by atoms with Crippen LogP contribution in [0.3, 0.4) is 0 Å². The summed E-state index contributed by atoms with van der Waals surface area (Å²) in [4.78, 5) is 144. The van der Waals surface area contributed by atoms with E-state index in [0.29, 0.717) is 50.6 Å². The summed E-state index contributed by atoms with van der Waals surface area (Å²) in [5, 5.41) is 53.5. The average Bonchev–Trinajstić information content (AvgIpc) is 1.78. The summed E-state index contributed by atoms with van der Waals surface area (Å²) in [5.74, 6) is -6.25. The third kappa shape index (κ3) is 26.1. The first kappa shape index (κ1) is 89.0. The molecule has 0 aromatic heterocycles. The maximum atomic E-state index is 14.7. The van der Waals surface area contributed by atoms with Gasteiger partial charge >= 0.3 is 6.03 Å². The predicted molar refractivity (Wildman–Crippen MR) is 397 cm³/mol. The Morgan fingerprint density at radius 3 is 1.84 bits per heavy atom. The van der Waals surface area contributed by atoms with E-state index < -0.39 is 132 Å². The molecule has 2 aromatic carbocycles. The molecule has 5 rings (SSSR count). The highest BCUT2D eigenvalue weighted by atomic mass is 16.6. The Hall–Kier alpha value is -6.62. The topological polar surface area (TPSA) is 372 Å². The molecule has 3 aliphatic heterocycles. The number of benzene rings is 2. The van der Waals surface area contributed by atoms with Crippen molar-refractivity contribution in [2.45, 2.75) is 257 Å². The van der Waals surface area contributed by atoms with Gasteiger partial charge in [0, 0.05) is 103 Å². The number of ether oxygens (including phenoxy) is 4. The van der Waals surface area contributed by atoms with Crippen molar-refractivity contribution in [2.75, 3.05) is 61.5 Å². The van der Waals surface area contributed by atoms with Crippen LogP contribution in [0.4, 0.5) is 4.79 Å². The van der Waals surface area contributed by atoms with Gasteiger partial charge in [-0.15, -0.1) is 0 Å². The summed E-state index contributed by atoms with van der Waals surface area (Å²) in [6, 6.07) is 13.6. The fraction of sp³-hybridized carbons (Fsp3) is 0.722. The number of amides is 7. The molecule has 10 N–H and O–H groups in total. The van der Waals surface area contributed by atoms with Crippen molar-refractivity contribution in [3.8, 4) is 0 Å². The zero-order valence-electron chi connectivity index (χ0n) is 65.0. The van der Waals surface area contributed by atoms with Crippen LogP contribution in [0, 0.1) is 47.3 Å². The second-order valence-electron chi connectivity index (χ2n) is 30.8. The lowest BCUT2D eigenvalue weighted by Crippen LogP contribution is -2.54. The van der Waals surface area contributed by atoms with E-state index in [4.69, 9.17) is 24.7 Å². The number of rotatable bonds is 46. The van der Waals surface area contributed by atoms with Crippen molar-refractivity contribution in [3.05, 3.63) is 71.3 Å². The van der Waals surface area contributed by atoms with E-state index in [1.807, 2.05) is 110 Å². The molecule has 590 valence electrons. The quantitative estimate of drug-likeness (QED) is 0.0400. The first-order chi connectivity index (χ1) is 49.7. The molecule has 105 heavy (non-hydrogen) atoms. The molecule has 7 amide bonds. The minimum absolute atomic E-state index is 0.00906. The lowest BCUT2D eigenvalue weighted by atomic mass is 9.83. The zero-order chi connectivity index (χ0) is 78.1. The number of likely N-dealkylation sites (N-methyl/N-ethyl adjacent to an activating group) is 2. The lowest BCUT2D eigenvalue weighted by molar-refractivity contribution is -0.149. The van der Waals surface area contributed by atoms with Gasteiger partial charge in [-0.2, -0.15) is 0 Å². The van der Waals surface area contributed by atoms with Gasteiger partial charge in [-0.3, -0.25) is 48.1 Å². The van der Waals surface area contributed by atoms with Crippen LogP contribution in [0.1, 0.15) is 169 Å². The summed E-state index contributed by atoms with van der Waals surface area (Å²) < 4.78 is 23.8. The highest BCUT2D eigenvalue weighted by molar-refractivity contribution is 5.93. The van der Waals surface area contributed by atoms with Crippen molar-refractivity contribution < 1.29 is 87.3 Å². The molecule has 0 saturated carbocycles. The minimum atomic E-state index is -1.50. The third-order valence-corrected chi connectivity index (χ3v) is 21.7. The number of methoxy groups -OCH3 is 2. The second-order valence-corrected chi connectivity index (χ2v) is 30.8. The Balaban J connectivity index is 1.19. The summed E-state index contributed by atoms with van der Waals surface area (Å²) in [6.07, 6.45) is -7.33. The summed E-state index contributed by atoms with van der Waals surface area (Å²) in [5.41, 5.74) is 7.66. The fourth-order valence-electron chi connectivity index (χ4n) is 15.5. The van der Waals surface area contributed by atoms with Crippen molar-refractivity contribution in [1.29, 1.82) is 0 Å². The number of carbonyl (C=O) groups excluding carboxylic acids is 10. The normalized spacial score (nSPS) is 23.2. The third-order valence-electron chi connectivity index (χ3n) is 21.7. The van der Waals surface area contributed by atoms with Gasteiger partial charge in [-0.25, -0.2) is 4.79 Å². The van der Waals surface area contributed by atoms with Crippen LogP contribution in [0.15, 0.2) is 54.6 Å². The highest BCUT2D eigenvalue weighted by Crippen LogP contribution is 2.34. The van der Waals surface area contributed by atoms with E-state index in [1.54, 1.807) is 56.9 Å². The molecule has 26 nitrogen and oxygen atoms in total. The van der Waals surface area contributed by atoms with Crippen molar-refractivity contribution >= 4 is 58.7 Å². The Morgan fingerprint density at radius 1 is 0.648 bits per heavy atom. The lowest BCUT2D eigenvalue weighted by Gasteiger charge is -2.41. The number of nitrogens with zero attached hydrogens (tertiary/aromatic N) is 3. The highest BCUT2D eigenvalue weighted by Gasteiger charge is 2.47. The molecule has 19 atom stereocenters. The van der Waals surface area contributed by atoms with E-state index >= 15 is 0 Å². The van der Waals surface area contributed by atoms with Crippen LogP contribution in [0.2, 0.25) is 0 Å². The second kappa shape index (κ2) is 43.4. The van der Waals surface area contributed by atoms with Crippen molar-refractivity contribution in [2.24, 2.45) is 53.1 Å². The number of hydrogen-bond acceptors (Lipinski definition) is 19. The predicted octanol–water partition coefficient (Wildman–Crippen LogP) is 4.85. The van der Waals surface area contributed by atoms with E-state index in [0.717, 1.165) is 11.1 Å². The Labute approximate surface area is 622 Å². The van der Waals surface area contributed by atoms with Crippen LogP contribution < -0.4 is 27.0 Å². The number of primary amides is 1. The molecule has 10 unspecified atom stereocenters. The number of nitrogens with one attached hydrogen (secondary N) is 4. The fourth-order valence-corrected chi connectivity index (χ4v) is 15.5. The monoisotopic (exact) mass is 1470 g/mol. The smallest absolute Gasteiger partial charge is 0.312 e. The number of carbonyl (C=O) groups is 10. The maximum Gasteiger partial charge on any atom is 0.312 e. The number of aliphatic hydroxyl groups excluding tert-OH is 4. The Kier molecular flexibility index (Phi) is 36.8. The number of ketones is 4. The summed E-state index contributed by atoms with van der Waals surface area (Å²) in [6.45, 7) is 19.7.